The average molecular weight is 161 g/mol. The van der Waals surface area contributed by atoms with Gasteiger partial charge in [-0.2, -0.15) is 0 Å². The van der Waals surface area contributed by atoms with Crippen LogP contribution in [0, 0.1) is 0 Å². The lowest BCUT2D eigenvalue weighted by Crippen LogP contribution is -2.42. The molecule has 2 nitrogen and oxygen atoms in total. The van der Waals surface area contributed by atoms with E-state index in [0.29, 0.717) is 0 Å². The van der Waals surface area contributed by atoms with Crippen molar-refractivity contribution < 1.29 is 4.79 Å². The molecule has 0 atom stereocenters. The van der Waals surface area contributed by atoms with Crippen molar-refractivity contribution in [2.75, 3.05) is 6.54 Å². The molecule has 0 spiro atoms. The van der Waals surface area contributed by atoms with Crippen molar-refractivity contribution in [2.24, 2.45) is 0 Å². The molecule has 12 heavy (non-hydrogen) atoms. The van der Waals surface area contributed by atoms with Crippen LogP contribution in [0.25, 0.3) is 0 Å². The normalized spacial score (nSPS) is 16.0. The van der Waals surface area contributed by atoms with Gasteiger partial charge in [-0.25, -0.2) is 0 Å². The number of likely N-dealkylation sites (tertiary alicyclic amines) is 1. The van der Waals surface area contributed by atoms with Crippen molar-refractivity contribution in [1.29, 1.82) is 0 Å². The minimum absolute atomic E-state index is 0.277. The third kappa shape index (κ3) is 1.33. The number of nitrogens with zero attached hydrogens (tertiary/aromatic N) is 1. The molecule has 1 fully saturated rings. The predicted molar refractivity (Wildman–Crippen MR) is 46.5 cm³/mol. The van der Waals surface area contributed by atoms with Crippen molar-refractivity contribution >= 4 is 5.91 Å². The van der Waals surface area contributed by atoms with Crippen molar-refractivity contribution in [1.82, 2.24) is 4.90 Å². The first-order chi connectivity index (χ1) is 5.86. The van der Waals surface area contributed by atoms with Gasteiger partial charge in [0, 0.05) is 19.5 Å². The largest absolute Gasteiger partial charge is 0.338 e. The molecule has 62 valence electrons. The van der Waals surface area contributed by atoms with E-state index in [1.807, 2.05) is 35.2 Å². The fraction of sp³-hybridized carbons (Fsp3) is 0.300. The Balaban J connectivity index is 2.00. The van der Waals surface area contributed by atoms with E-state index >= 15 is 0 Å². The van der Waals surface area contributed by atoms with E-state index in [2.05, 4.69) is 0 Å². The molecule has 0 saturated carbocycles. The van der Waals surface area contributed by atoms with Crippen LogP contribution in [0.3, 0.4) is 0 Å². The number of amides is 1. The van der Waals surface area contributed by atoms with Crippen LogP contribution in [0.15, 0.2) is 30.3 Å². The molecule has 1 heterocycles. The van der Waals surface area contributed by atoms with Gasteiger partial charge in [-0.05, 0) is 5.56 Å². The Kier molecular flexibility index (Phi) is 1.82. The lowest BCUT2D eigenvalue weighted by molar-refractivity contribution is -0.140. The fourth-order valence-electron chi connectivity index (χ4n) is 1.33. The second kappa shape index (κ2) is 2.97. The summed E-state index contributed by atoms with van der Waals surface area (Å²) in [6.45, 7) is 1.70. The number of β-lactam (4-membered cyclic amide) rings is 1. The van der Waals surface area contributed by atoms with E-state index < -0.39 is 0 Å². The molecule has 2 rings (SSSR count). The third-order valence-electron chi connectivity index (χ3n) is 2.16. The van der Waals surface area contributed by atoms with Gasteiger partial charge in [0.05, 0.1) is 0 Å². The molecule has 0 unspecified atom stereocenters. The molecule has 0 N–H and O–H groups in total. The summed E-state index contributed by atoms with van der Waals surface area (Å²) in [6, 6.07) is 10.1. The molecule has 0 aliphatic carbocycles. The molecule has 0 aromatic heterocycles. The van der Waals surface area contributed by atoms with E-state index in [4.69, 9.17) is 0 Å². The molecule has 1 saturated heterocycles. The highest BCUT2D eigenvalue weighted by Crippen LogP contribution is 2.13. The summed E-state index contributed by atoms with van der Waals surface area (Å²) in [6.07, 6.45) is 0.729. The van der Waals surface area contributed by atoms with Gasteiger partial charge in [-0.1, -0.05) is 30.3 Å². The first kappa shape index (κ1) is 7.35. The zero-order chi connectivity index (χ0) is 8.39. The van der Waals surface area contributed by atoms with Gasteiger partial charge in [0.15, 0.2) is 0 Å². The highest BCUT2D eigenvalue weighted by Gasteiger charge is 2.22. The SMILES string of the molecule is O=C1CCN1Cc1ccccc1. The molecule has 1 aliphatic heterocycles. The topological polar surface area (TPSA) is 20.3 Å². The van der Waals surface area contributed by atoms with Crippen LogP contribution < -0.4 is 0 Å². The van der Waals surface area contributed by atoms with Crippen molar-refractivity contribution in [2.45, 2.75) is 13.0 Å². The van der Waals surface area contributed by atoms with Crippen LogP contribution in [-0.4, -0.2) is 17.4 Å². The van der Waals surface area contributed by atoms with Gasteiger partial charge in [-0.3, -0.25) is 4.79 Å². The lowest BCUT2D eigenvalue weighted by atomic mass is 10.1. The molecule has 1 aromatic carbocycles. The monoisotopic (exact) mass is 161 g/mol. The third-order valence-corrected chi connectivity index (χ3v) is 2.16. The maximum Gasteiger partial charge on any atom is 0.224 e. The average Bonchev–Trinajstić information content (AvgIpc) is 2.14. The minimum atomic E-state index is 0.277. The van der Waals surface area contributed by atoms with Crippen LogP contribution in [0.5, 0.6) is 0 Å². The molecule has 2 heteroatoms. The quantitative estimate of drug-likeness (QED) is 0.601. The first-order valence-electron chi connectivity index (χ1n) is 4.18. The van der Waals surface area contributed by atoms with Crippen LogP contribution in [0.2, 0.25) is 0 Å². The van der Waals surface area contributed by atoms with Gasteiger partial charge in [-0.15, -0.1) is 0 Å². The first-order valence-corrected chi connectivity index (χ1v) is 4.18. The zero-order valence-corrected chi connectivity index (χ0v) is 6.86. The number of hydrogen-bond acceptors (Lipinski definition) is 1. The van der Waals surface area contributed by atoms with E-state index in [1.54, 1.807) is 0 Å². The minimum Gasteiger partial charge on any atom is -0.338 e. The highest BCUT2D eigenvalue weighted by atomic mass is 16.2. The summed E-state index contributed by atoms with van der Waals surface area (Å²) in [5.74, 6) is 0.277. The molecule has 0 radical (unpaired) electrons. The number of benzene rings is 1. The van der Waals surface area contributed by atoms with Gasteiger partial charge < -0.3 is 4.90 Å². The maximum atomic E-state index is 11.0. The van der Waals surface area contributed by atoms with Crippen LogP contribution in [0.1, 0.15) is 12.0 Å². The molecular formula is C10H11NO. The summed E-state index contributed by atoms with van der Waals surface area (Å²) in [5, 5.41) is 0. The van der Waals surface area contributed by atoms with Gasteiger partial charge in [0.1, 0.15) is 0 Å². The van der Waals surface area contributed by atoms with Crippen LogP contribution in [0.4, 0.5) is 0 Å². The van der Waals surface area contributed by atoms with E-state index in [0.717, 1.165) is 19.5 Å². The summed E-state index contributed by atoms with van der Waals surface area (Å²) < 4.78 is 0. The van der Waals surface area contributed by atoms with Crippen LogP contribution in [-0.2, 0) is 11.3 Å². The van der Waals surface area contributed by atoms with Gasteiger partial charge in [0.25, 0.3) is 0 Å². The Morgan fingerprint density at radius 3 is 2.50 bits per heavy atom. The maximum absolute atomic E-state index is 11.0. The smallest absolute Gasteiger partial charge is 0.224 e. The number of carbonyl (C=O) groups excluding carboxylic acids is 1. The van der Waals surface area contributed by atoms with E-state index in [9.17, 15) is 4.79 Å². The molecule has 1 aliphatic rings. The second-order valence-corrected chi connectivity index (χ2v) is 3.05. The number of rotatable bonds is 2. The number of carbonyl (C=O) groups is 1. The summed E-state index contributed by atoms with van der Waals surface area (Å²) in [4.78, 5) is 12.8. The number of hydrogen-bond donors (Lipinski definition) is 0. The lowest BCUT2D eigenvalue weighted by Gasteiger charge is -2.30. The van der Waals surface area contributed by atoms with Gasteiger partial charge >= 0.3 is 0 Å². The predicted octanol–water partition coefficient (Wildman–Crippen LogP) is 1.42. The van der Waals surface area contributed by atoms with Crippen molar-refractivity contribution in [3.05, 3.63) is 35.9 Å². The van der Waals surface area contributed by atoms with E-state index in [-0.39, 0.29) is 5.91 Å². The Hall–Kier alpha value is -1.31. The standard InChI is InChI=1S/C10H11NO/c12-10-6-7-11(10)8-9-4-2-1-3-5-9/h1-5H,6-8H2. The molecule has 1 amide bonds. The highest BCUT2D eigenvalue weighted by molar-refractivity contribution is 5.81. The van der Waals surface area contributed by atoms with Crippen LogP contribution >= 0.6 is 0 Å². The van der Waals surface area contributed by atoms with Gasteiger partial charge in [0.2, 0.25) is 5.91 Å². The van der Waals surface area contributed by atoms with Crippen molar-refractivity contribution in [3.63, 3.8) is 0 Å². The zero-order valence-electron chi connectivity index (χ0n) is 6.86. The summed E-state index contributed by atoms with van der Waals surface area (Å²) >= 11 is 0. The van der Waals surface area contributed by atoms with Crippen molar-refractivity contribution in [3.8, 4) is 0 Å². The fourth-order valence-corrected chi connectivity index (χ4v) is 1.33. The second-order valence-electron chi connectivity index (χ2n) is 3.05. The Bertz CT molecular complexity index is 281. The Labute approximate surface area is 71.8 Å². The Morgan fingerprint density at radius 2 is 2.00 bits per heavy atom. The summed E-state index contributed by atoms with van der Waals surface area (Å²) in [5.41, 5.74) is 1.21. The van der Waals surface area contributed by atoms with E-state index in [1.165, 1.54) is 5.56 Å². The Morgan fingerprint density at radius 1 is 1.25 bits per heavy atom. The molecule has 0 bridgehead atoms. The molecular weight excluding hydrogens is 150 g/mol. The summed E-state index contributed by atoms with van der Waals surface area (Å²) in [7, 11) is 0. The molecule has 1 aromatic rings.